The highest BCUT2D eigenvalue weighted by atomic mass is 19.1. The average Bonchev–Trinajstić information content (AvgIpc) is 2.36. The van der Waals surface area contributed by atoms with Gasteiger partial charge in [0, 0.05) is 25.3 Å². The summed E-state index contributed by atoms with van der Waals surface area (Å²) in [6.45, 7) is 12.3. The van der Waals surface area contributed by atoms with Gasteiger partial charge in [-0.1, -0.05) is 20.8 Å². The van der Waals surface area contributed by atoms with Crippen molar-refractivity contribution in [3.63, 3.8) is 0 Å². The Morgan fingerprint density at radius 3 is 2.58 bits per heavy atom. The number of rotatable bonds is 8. The highest BCUT2D eigenvalue weighted by molar-refractivity contribution is 5.53. The number of anilines is 1. The van der Waals surface area contributed by atoms with E-state index >= 15 is 0 Å². The van der Waals surface area contributed by atoms with Crippen molar-refractivity contribution in [1.29, 1.82) is 0 Å². The third-order valence-electron chi connectivity index (χ3n) is 3.13. The fourth-order valence-corrected chi connectivity index (χ4v) is 2.22. The molecular formula is C16H27FN2. The van der Waals surface area contributed by atoms with E-state index in [1.165, 1.54) is 0 Å². The summed E-state index contributed by atoms with van der Waals surface area (Å²) >= 11 is 0. The molecule has 0 atom stereocenters. The van der Waals surface area contributed by atoms with Crippen LogP contribution in [0.1, 0.15) is 39.7 Å². The molecule has 19 heavy (non-hydrogen) atoms. The Morgan fingerprint density at radius 1 is 1.26 bits per heavy atom. The van der Waals surface area contributed by atoms with Crippen LogP contribution in [-0.4, -0.2) is 19.6 Å². The van der Waals surface area contributed by atoms with E-state index in [4.69, 9.17) is 0 Å². The van der Waals surface area contributed by atoms with Crippen molar-refractivity contribution >= 4 is 5.69 Å². The van der Waals surface area contributed by atoms with Crippen LogP contribution >= 0.6 is 0 Å². The van der Waals surface area contributed by atoms with Gasteiger partial charge in [-0.05, 0) is 49.6 Å². The van der Waals surface area contributed by atoms with Gasteiger partial charge < -0.3 is 10.2 Å². The zero-order chi connectivity index (χ0) is 14.3. The van der Waals surface area contributed by atoms with Crippen LogP contribution < -0.4 is 10.2 Å². The van der Waals surface area contributed by atoms with Crippen LogP contribution in [0.2, 0.25) is 0 Å². The predicted octanol–water partition coefficient (Wildman–Crippen LogP) is 3.81. The molecule has 0 aliphatic carbocycles. The van der Waals surface area contributed by atoms with E-state index in [0.29, 0.717) is 5.92 Å². The van der Waals surface area contributed by atoms with Crippen molar-refractivity contribution < 1.29 is 4.39 Å². The summed E-state index contributed by atoms with van der Waals surface area (Å²) in [5.41, 5.74) is 2.21. The van der Waals surface area contributed by atoms with Gasteiger partial charge in [0.05, 0.1) is 0 Å². The van der Waals surface area contributed by atoms with Crippen molar-refractivity contribution in [3.8, 4) is 0 Å². The molecule has 0 saturated heterocycles. The first kappa shape index (κ1) is 16.0. The summed E-state index contributed by atoms with van der Waals surface area (Å²) in [7, 11) is 0. The first-order valence-corrected chi connectivity index (χ1v) is 7.32. The van der Waals surface area contributed by atoms with Gasteiger partial charge in [0.15, 0.2) is 0 Å². The van der Waals surface area contributed by atoms with Crippen LogP contribution in [0.25, 0.3) is 0 Å². The van der Waals surface area contributed by atoms with E-state index < -0.39 is 0 Å². The minimum Gasteiger partial charge on any atom is -0.372 e. The topological polar surface area (TPSA) is 15.3 Å². The lowest BCUT2D eigenvalue weighted by Gasteiger charge is -2.25. The summed E-state index contributed by atoms with van der Waals surface area (Å²) in [6, 6.07) is 5.11. The molecule has 108 valence electrons. The fraction of sp³-hybridized carbons (Fsp3) is 0.625. The monoisotopic (exact) mass is 266 g/mol. The Morgan fingerprint density at radius 2 is 2.00 bits per heavy atom. The van der Waals surface area contributed by atoms with Crippen LogP contribution in [0.3, 0.4) is 0 Å². The smallest absolute Gasteiger partial charge is 0.123 e. The summed E-state index contributed by atoms with van der Waals surface area (Å²) in [4.78, 5) is 2.31. The maximum Gasteiger partial charge on any atom is 0.123 e. The Kier molecular flexibility index (Phi) is 6.85. The Labute approximate surface area is 117 Å². The van der Waals surface area contributed by atoms with E-state index in [-0.39, 0.29) is 5.82 Å². The minimum atomic E-state index is -0.155. The maximum absolute atomic E-state index is 13.4. The molecule has 0 aliphatic heterocycles. The zero-order valence-electron chi connectivity index (χ0n) is 12.7. The molecule has 3 heteroatoms. The quantitative estimate of drug-likeness (QED) is 0.769. The standard InChI is InChI=1S/C16H27FN2/c1-5-9-19(6-2)16-8-7-15(17)10-14(16)12-18-11-13(3)4/h7-8,10,13,18H,5-6,9,11-12H2,1-4H3. The molecule has 0 radical (unpaired) electrons. The third-order valence-corrected chi connectivity index (χ3v) is 3.13. The molecule has 0 saturated carbocycles. The lowest BCUT2D eigenvalue weighted by molar-refractivity contribution is 0.549. The molecule has 0 bridgehead atoms. The number of nitrogens with zero attached hydrogens (tertiary/aromatic N) is 1. The molecular weight excluding hydrogens is 239 g/mol. The average molecular weight is 266 g/mol. The highest BCUT2D eigenvalue weighted by Crippen LogP contribution is 2.22. The van der Waals surface area contributed by atoms with Gasteiger partial charge >= 0.3 is 0 Å². The van der Waals surface area contributed by atoms with Gasteiger partial charge in [-0.2, -0.15) is 0 Å². The number of nitrogens with one attached hydrogen (secondary N) is 1. The minimum absolute atomic E-state index is 0.155. The molecule has 0 unspecified atom stereocenters. The lowest BCUT2D eigenvalue weighted by Crippen LogP contribution is -2.26. The first-order chi connectivity index (χ1) is 9.08. The molecule has 0 amide bonds. The molecule has 1 aromatic carbocycles. The SMILES string of the molecule is CCCN(CC)c1ccc(F)cc1CNCC(C)C. The molecule has 0 fully saturated rings. The van der Waals surface area contributed by atoms with Crippen molar-refractivity contribution in [2.75, 3.05) is 24.5 Å². The second-order valence-corrected chi connectivity index (χ2v) is 5.38. The second-order valence-electron chi connectivity index (χ2n) is 5.38. The Bertz CT molecular complexity index is 377. The number of hydrogen-bond acceptors (Lipinski definition) is 2. The lowest BCUT2D eigenvalue weighted by atomic mass is 10.1. The predicted molar refractivity (Wildman–Crippen MR) is 81.1 cm³/mol. The van der Waals surface area contributed by atoms with Crippen molar-refractivity contribution in [3.05, 3.63) is 29.6 Å². The normalized spacial score (nSPS) is 11.1. The summed E-state index contributed by atoms with van der Waals surface area (Å²) in [5, 5.41) is 3.40. The van der Waals surface area contributed by atoms with Crippen LogP contribution in [-0.2, 0) is 6.54 Å². The van der Waals surface area contributed by atoms with Gasteiger partial charge in [0.1, 0.15) is 5.82 Å². The zero-order valence-corrected chi connectivity index (χ0v) is 12.7. The largest absolute Gasteiger partial charge is 0.372 e. The van der Waals surface area contributed by atoms with E-state index in [0.717, 1.165) is 43.9 Å². The van der Waals surface area contributed by atoms with E-state index in [9.17, 15) is 4.39 Å². The highest BCUT2D eigenvalue weighted by Gasteiger charge is 2.10. The first-order valence-electron chi connectivity index (χ1n) is 7.32. The molecule has 0 heterocycles. The summed E-state index contributed by atoms with van der Waals surface area (Å²) < 4.78 is 13.4. The second kappa shape index (κ2) is 8.16. The van der Waals surface area contributed by atoms with Crippen molar-refractivity contribution in [2.24, 2.45) is 5.92 Å². The summed E-state index contributed by atoms with van der Waals surface area (Å²) in [5.74, 6) is 0.451. The fourth-order valence-electron chi connectivity index (χ4n) is 2.22. The van der Waals surface area contributed by atoms with Gasteiger partial charge in [-0.3, -0.25) is 0 Å². The van der Waals surface area contributed by atoms with Gasteiger partial charge in [-0.15, -0.1) is 0 Å². The third kappa shape index (κ3) is 5.19. The number of benzene rings is 1. The number of hydrogen-bond donors (Lipinski definition) is 1. The molecule has 0 spiro atoms. The van der Waals surface area contributed by atoms with Gasteiger partial charge in [0.25, 0.3) is 0 Å². The van der Waals surface area contributed by atoms with Crippen molar-refractivity contribution in [2.45, 2.75) is 40.7 Å². The Balaban J connectivity index is 2.83. The molecule has 1 rings (SSSR count). The van der Waals surface area contributed by atoms with E-state index in [1.807, 2.05) is 6.07 Å². The van der Waals surface area contributed by atoms with E-state index in [2.05, 4.69) is 37.9 Å². The molecule has 0 aliphatic rings. The summed E-state index contributed by atoms with van der Waals surface area (Å²) in [6.07, 6.45) is 1.10. The van der Waals surface area contributed by atoms with Gasteiger partial charge in [-0.25, -0.2) is 4.39 Å². The molecule has 1 aromatic rings. The van der Waals surface area contributed by atoms with Gasteiger partial charge in [0.2, 0.25) is 0 Å². The van der Waals surface area contributed by atoms with E-state index in [1.54, 1.807) is 12.1 Å². The van der Waals surface area contributed by atoms with Crippen LogP contribution in [0.4, 0.5) is 10.1 Å². The van der Waals surface area contributed by atoms with Crippen LogP contribution in [0.5, 0.6) is 0 Å². The Hall–Kier alpha value is -1.09. The molecule has 1 N–H and O–H groups in total. The maximum atomic E-state index is 13.4. The number of halogens is 1. The molecule has 0 aromatic heterocycles. The molecule has 2 nitrogen and oxygen atoms in total. The van der Waals surface area contributed by atoms with Crippen LogP contribution in [0.15, 0.2) is 18.2 Å². The van der Waals surface area contributed by atoms with Crippen LogP contribution in [0, 0.1) is 11.7 Å². The van der Waals surface area contributed by atoms with Crippen molar-refractivity contribution in [1.82, 2.24) is 5.32 Å².